The Bertz CT molecular complexity index is 524. The average Bonchev–Trinajstić information content (AvgIpc) is 3.17. The summed E-state index contributed by atoms with van der Waals surface area (Å²) in [6, 6.07) is 0.234. The predicted molar refractivity (Wildman–Crippen MR) is 93.3 cm³/mol. The molecule has 0 spiro atoms. The van der Waals surface area contributed by atoms with Crippen molar-refractivity contribution in [3.63, 3.8) is 0 Å². The van der Waals surface area contributed by atoms with Crippen LogP contribution in [-0.2, 0) is 17.8 Å². The van der Waals surface area contributed by atoms with Gasteiger partial charge in [0, 0.05) is 50.6 Å². The summed E-state index contributed by atoms with van der Waals surface area (Å²) < 4.78 is 0. The second-order valence-electron chi connectivity index (χ2n) is 6.80. The highest BCUT2D eigenvalue weighted by Crippen LogP contribution is 2.27. The highest BCUT2D eigenvalue weighted by molar-refractivity contribution is 7.09. The maximum absolute atomic E-state index is 12.4. The number of aryl methyl sites for hydroxylation is 1. The third-order valence-corrected chi connectivity index (χ3v) is 6.21. The Balaban J connectivity index is 1.43. The quantitative estimate of drug-likeness (QED) is 0.891. The van der Waals surface area contributed by atoms with Crippen LogP contribution in [0.25, 0.3) is 0 Å². The van der Waals surface area contributed by atoms with E-state index in [0.29, 0.717) is 18.2 Å². The van der Waals surface area contributed by atoms with Gasteiger partial charge in [0.2, 0.25) is 5.91 Å². The van der Waals surface area contributed by atoms with Crippen molar-refractivity contribution in [1.29, 1.82) is 0 Å². The smallest absolute Gasteiger partial charge is 0.222 e. The van der Waals surface area contributed by atoms with Crippen molar-refractivity contribution in [2.24, 2.45) is 11.7 Å². The Hall–Kier alpha value is -0.980. The molecule has 2 aliphatic rings. The zero-order valence-corrected chi connectivity index (χ0v) is 14.9. The molecule has 2 N–H and O–H groups in total. The van der Waals surface area contributed by atoms with Crippen LogP contribution in [0.3, 0.4) is 0 Å². The van der Waals surface area contributed by atoms with Gasteiger partial charge in [-0.3, -0.25) is 9.69 Å². The third kappa shape index (κ3) is 4.31. The molecule has 5 nitrogen and oxygen atoms in total. The van der Waals surface area contributed by atoms with Crippen LogP contribution in [0.4, 0.5) is 0 Å². The van der Waals surface area contributed by atoms with E-state index in [1.54, 1.807) is 11.3 Å². The van der Waals surface area contributed by atoms with Gasteiger partial charge in [0.25, 0.3) is 0 Å². The Morgan fingerprint density at radius 1 is 1.35 bits per heavy atom. The van der Waals surface area contributed by atoms with Crippen molar-refractivity contribution in [3.8, 4) is 0 Å². The van der Waals surface area contributed by atoms with Crippen LogP contribution in [-0.4, -0.2) is 52.9 Å². The van der Waals surface area contributed by atoms with E-state index in [1.807, 2.05) is 4.90 Å². The summed E-state index contributed by atoms with van der Waals surface area (Å²) >= 11 is 1.75. The lowest BCUT2D eigenvalue weighted by atomic mass is 9.99. The zero-order chi connectivity index (χ0) is 16.2. The van der Waals surface area contributed by atoms with Crippen LogP contribution in [0.2, 0.25) is 0 Å². The summed E-state index contributed by atoms with van der Waals surface area (Å²) in [7, 11) is 0. The SMILES string of the molecule is CCc1nc(CN2CCN(C(=O)C[C@@H]3CCC[C@H]3N)CC2)cs1. The van der Waals surface area contributed by atoms with Gasteiger partial charge >= 0.3 is 0 Å². The molecule has 6 heteroatoms. The normalized spacial score (nSPS) is 25.9. The summed E-state index contributed by atoms with van der Waals surface area (Å²) in [5.41, 5.74) is 7.26. The molecule has 2 heterocycles. The Labute approximate surface area is 142 Å². The fraction of sp³-hybridized carbons (Fsp3) is 0.765. The van der Waals surface area contributed by atoms with Crippen molar-refractivity contribution in [1.82, 2.24) is 14.8 Å². The lowest BCUT2D eigenvalue weighted by Gasteiger charge is -2.35. The number of hydrogen-bond donors (Lipinski definition) is 1. The van der Waals surface area contributed by atoms with E-state index in [-0.39, 0.29) is 6.04 Å². The molecule has 1 aromatic rings. The lowest BCUT2D eigenvalue weighted by molar-refractivity contribution is -0.134. The number of nitrogens with two attached hydrogens (primary N) is 1. The molecule has 1 aromatic heterocycles. The molecule has 23 heavy (non-hydrogen) atoms. The molecule has 0 radical (unpaired) electrons. The molecular formula is C17H28N4OS. The minimum Gasteiger partial charge on any atom is -0.340 e. The maximum Gasteiger partial charge on any atom is 0.222 e. The first-order valence-electron chi connectivity index (χ1n) is 8.84. The van der Waals surface area contributed by atoms with Crippen molar-refractivity contribution in [3.05, 3.63) is 16.1 Å². The van der Waals surface area contributed by atoms with Crippen LogP contribution in [0.1, 0.15) is 43.3 Å². The van der Waals surface area contributed by atoms with E-state index in [9.17, 15) is 4.79 Å². The van der Waals surface area contributed by atoms with Crippen molar-refractivity contribution in [2.75, 3.05) is 26.2 Å². The second-order valence-corrected chi connectivity index (χ2v) is 7.74. The lowest BCUT2D eigenvalue weighted by Crippen LogP contribution is -2.49. The van der Waals surface area contributed by atoms with Crippen molar-refractivity contribution in [2.45, 2.75) is 51.6 Å². The highest BCUT2D eigenvalue weighted by atomic mass is 32.1. The summed E-state index contributed by atoms with van der Waals surface area (Å²) in [5.74, 6) is 0.705. The van der Waals surface area contributed by atoms with Gasteiger partial charge in [-0.1, -0.05) is 13.3 Å². The topological polar surface area (TPSA) is 62.5 Å². The number of carbonyl (C=O) groups excluding carboxylic acids is 1. The van der Waals surface area contributed by atoms with E-state index < -0.39 is 0 Å². The molecular weight excluding hydrogens is 308 g/mol. The summed E-state index contributed by atoms with van der Waals surface area (Å²) in [4.78, 5) is 21.5. The maximum atomic E-state index is 12.4. The van der Waals surface area contributed by atoms with Crippen LogP contribution in [0.5, 0.6) is 0 Å². The first kappa shape index (κ1) is 16.9. The molecule has 1 amide bonds. The number of rotatable bonds is 5. The molecule has 128 valence electrons. The van der Waals surface area contributed by atoms with E-state index in [0.717, 1.165) is 52.0 Å². The number of carbonyl (C=O) groups is 1. The van der Waals surface area contributed by atoms with Crippen LogP contribution in [0.15, 0.2) is 5.38 Å². The number of nitrogens with zero attached hydrogens (tertiary/aromatic N) is 3. The monoisotopic (exact) mass is 336 g/mol. The predicted octanol–water partition coefficient (Wildman–Crippen LogP) is 1.87. The summed E-state index contributed by atoms with van der Waals surface area (Å²) in [5, 5.41) is 3.37. The third-order valence-electron chi connectivity index (χ3n) is 5.17. The number of hydrogen-bond acceptors (Lipinski definition) is 5. The minimum atomic E-state index is 0.234. The van der Waals surface area contributed by atoms with Crippen molar-refractivity contribution >= 4 is 17.2 Å². The van der Waals surface area contributed by atoms with Gasteiger partial charge in [-0.25, -0.2) is 4.98 Å². The van der Waals surface area contributed by atoms with Gasteiger partial charge in [-0.05, 0) is 25.2 Å². The molecule has 1 aliphatic heterocycles. The first-order chi connectivity index (χ1) is 11.2. The van der Waals surface area contributed by atoms with E-state index in [4.69, 9.17) is 5.73 Å². The second kappa shape index (κ2) is 7.73. The zero-order valence-electron chi connectivity index (χ0n) is 14.0. The van der Waals surface area contributed by atoms with Crippen LogP contribution < -0.4 is 5.73 Å². The average molecular weight is 337 g/mol. The molecule has 2 atom stereocenters. The fourth-order valence-corrected chi connectivity index (χ4v) is 4.38. The number of piperazine rings is 1. The van der Waals surface area contributed by atoms with E-state index in [2.05, 4.69) is 22.2 Å². The largest absolute Gasteiger partial charge is 0.340 e. The number of amides is 1. The van der Waals surface area contributed by atoms with E-state index >= 15 is 0 Å². The summed E-state index contributed by atoms with van der Waals surface area (Å²) in [6.07, 6.45) is 5.04. The highest BCUT2D eigenvalue weighted by Gasteiger charge is 2.29. The van der Waals surface area contributed by atoms with Gasteiger partial charge in [0.15, 0.2) is 0 Å². The van der Waals surface area contributed by atoms with Gasteiger partial charge < -0.3 is 10.6 Å². The molecule has 2 fully saturated rings. The van der Waals surface area contributed by atoms with E-state index in [1.165, 1.54) is 17.1 Å². The fourth-order valence-electron chi connectivity index (χ4n) is 3.64. The molecule has 3 rings (SSSR count). The van der Waals surface area contributed by atoms with Crippen LogP contribution >= 0.6 is 11.3 Å². The number of aromatic nitrogens is 1. The van der Waals surface area contributed by atoms with Gasteiger partial charge in [-0.15, -0.1) is 11.3 Å². The van der Waals surface area contributed by atoms with Crippen LogP contribution in [0, 0.1) is 5.92 Å². The first-order valence-corrected chi connectivity index (χ1v) is 9.72. The van der Waals surface area contributed by atoms with Gasteiger partial charge in [-0.2, -0.15) is 0 Å². The molecule has 0 bridgehead atoms. The number of thiazole rings is 1. The molecule has 1 aliphatic carbocycles. The molecule has 0 unspecified atom stereocenters. The van der Waals surface area contributed by atoms with Gasteiger partial charge in [0.05, 0.1) is 10.7 Å². The standard InChI is InChI=1S/C17H28N4OS/c1-2-16-19-14(12-23-16)11-20-6-8-21(9-7-20)17(22)10-13-4-3-5-15(13)18/h12-13,15H,2-11,18H2,1H3/t13-,15+/m0/s1. The minimum absolute atomic E-state index is 0.234. The Morgan fingerprint density at radius 2 is 2.13 bits per heavy atom. The Morgan fingerprint density at radius 3 is 2.74 bits per heavy atom. The van der Waals surface area contributed by atoms with Crippen molar-refractivity contribution < 1.29 is 4.79 Å². The molecule has 0 aromatic carbocycles. The Kier molecular flexibility index (Phi) is 5.67. The summed E-state index contributed by atoms with van der Waals surface area (Å²) in [6.45, 7) is 6.62. The molecule has 1 saturated heterocycles. The van der Waals surface area contributed by atoms with Gasteiger partial charge in [0.1, 0.15) is 0 Å². The molecule has 1 saturated carbocycles.